The summed E-state index contributed by atoms with van der Waals surface area (Å²) in [5.74, 6) is 0. The van der Waals surface area contributed by atoms with Crippen LogP contribution in [0, 0.1) is 0 Å². The minimum atomic E-state index is -0.249. The van der Waals surface area contributed by atoms with Crippen LogP contribution in [0.2, 0.25) is 5.02 Å². The van der Waals surface area contributed by atoms with Gasteiger partial charge < -0.3 is 5.73 Å². The molecule has 2 aromatic heterocycles. The Balaban J connectivity index is 2.15. The molecular formula is C13H12ClN3S. The molecule has 0 saturated heterocycles. The highest BCUT2D eigenvalue weighted by atomic mass is 35.5. The molecule has 1 aromatic carbocycles. The zero-order valence-corrected chi connectivity index (χ0v) is 11.4. The van der Waals surface area contributed by atoms with Crippen molar-refractivity contribution in [1.29, 1.82) is 0 Å². The van der Waals surface area contributed by atoms with E-state index in [-0.39, 0.29) is 6.04 Å². The molecule has 0 bridgehead atoms. The van der Waals surface area contributed by atoms with E-state index in [1.807, 2.05) is 19.2 Å². The predicted octanol–water partition coefficient (Wildman–Crippen LogP) is 3.34. The summed E-state index contributed by atoms with van der Waals surface area (Å²) >= 11 is 7.85. The summed E-state index contributed by atoms with van der Waals surface area (Å²) in [6.45, 7) is 0. The molecule has 3 aromatic rings. The third kappa shape index (κ3) is 1.73. The first-order chi connectivity index (χ1) is 8.68. The molecule has 3 nitrogen and oxygen atoms in total. The summed E-state index contributed by atoms with van der Waals surface area (Å²) < 4.78 is 2.97. The lowest BCUT2D eigenvalue weighted by molar-refractivity contribution is 0.676. The van der Waals surface area contributed by atoms with Crippen molar-refractivity contribution in [2.75, 3.05) is 0 Å². The number of thiophene rings is 1. The summed E-state index contributed by atoms with van der Waals surface area (Å²) in [5.41, 5.74) is 8.28. The Bertz CT molecular complexity index is 682. The molecule has 92 valence electrons. The minimum absolute atomic E-state index is 0.249. The monoisotopic (exact) mass is 277 g/mol. The standard InChI is InChI=1S/C13H12ClN3S/c1-17-13(10(14)6-16-17)12(15)9-7-18-11-5-3-2-4-8(9)11/h2-7,12H,15H2,1H3. The maximum absolute atomic E-state index is 6.33. The molecule has 1 unspecified atom stereocenters. The third-order valence-corrected chi connectivity index (χ3v) is 4.35. The Morgan fingerprint density at radius 1 is 1.39 bits per heavy atom. The van der Waals surface area contributed by atoms with Gasteiger partial charge in [-0.25, -0.2) is 0 Å². The van der Waals surface area contributed by atoms with Gasteiger partial charge in [-0.05, 0) is 22.4 Å². The van der Waals surface area contributed by atoms with Crippen LogP contribution < -0.4 is 5.73 Å². The van der Waals surface area contributed by atoms with Gasteiger partial charge in [0.2, 0.25) is 0 Å². The first-order valence-corrected chi connectivity index (χ1v) is 6.83. The normalized spacial score (nSPS) is 13.1. The lowest BCUT2D eigenvalue weighted by atomic mass is 10.0. The van der Waals surface area contributed by atoms with Crippen LogP contribution in [0.25, 0.3) is 10.1 Å². The van der Waals surface area contributed by atoms with Crippen LogP contribution in [0.15, 0.2) is 35.8 Å². The lowest BCUT2D eigenvalue weighted by Crippen LogP contribution is -2.16. The summed E-state index contributed by atoms with van der Waals surface area (Å²) in [5, 5.41) is 8.03. The number of rotatable bonds is 2. The van der Waals surface area contributed by atoms with E-state index >= 15 is 0 Å². The van der Waals surface area contributed by atoms with Gasteiger partial charge in [-0.2, -0.15) is 5.10 Å². The highest BCUT2D eigenvalue weighted by Gasteiger charge is 2.19. The Hall–Kier alpha value is -1.36. The fraction of sp³-hybridized carbons (Fsp3) is 0.154. The second-order valence-corrected chi connectivity index (χ2v) is 5.48. The van der Waals surface area contributed by atoms with Crippen molar-refractivity contribution in [3.63, 3.8) is 0 Å². The van der Waals surface area contributed by atoms with Crippen LogP contribution in [-0.4, -0.2) is 9.78 Å². The van der Waals surface area contributed by atoms with Gasteiger partial charge in [0, 0.05) is 11.7 Å². The van der Waals surface area contributed by atoms with E-state index in [1.165, 1.54) is 10.1 Å². The second kappa shape index (κ2) is 4.39. The van der Waals surface area contributed by atoms with Crippen LogP contribution in [0.3, 0.4) is 0 Å². The molecule has 2 heterocycles. The predicted molar refractivity (Wildman–Crippen MR) is 76.1 cm³/mol. The van der Waals surface area contributed by atoms with E-state index < -0.39 is 0 Å². The summed E-state index contributed by atoms with van der Waals surface area (Å²) in [6, 6.07) is 7.99. The first-order valence-electron chi connectivity index (χ1n) is 5.57. The SMILES string of the molecule is Cn1ncc(Cl)c1C(N)c1csc2ccccc12. The molecule has 0 aliphatic rings. The van der Waals surface area contributed by atoms with E-state index in [0.29, 0.717) is 5.02 Å². The molecule has 1 atom stereocenters. The highest BCUT2D eigenvalue weighted by Crippen LogP contribution is 2.34. The van der Waals surface area contributed by atoms with Gasteiger partial charge in [0.25, 0.3) is 0 Å². The number of hydrogen-bond acceptors (Lipinski definition) is 3. The summed E-state index contributed by atoms with van der Waals surface area (Å²) in [7, 11) is 1.86. The Morgan fingerprint density at radius 3 is 2.89 bits per heavy atom. The number of halogens is 1. The quantitative estimate of drug-likeness (QED) is 0.781. The van der Waals surface area contributed by atoms with Crippen molar-refractivity contribution in [3.05, 3.63) is 52.1 Å². The number of fused-ring (bicyclic) bond motifs is 1. The molecule has 2 N–H and O–H groups in total. The van der Waals surface area contributed by atoms with Crippen LogP contribution in [0.5, 0.6) is 0 Å². The molecule has 0 saturated carbocycles. The summed E-state index contributed by atoms with van der Waals surface area (Å²) in [6.07, 6.45) is 1.63. The Kier molecular flexibility index (Phi) is 2.86. The minimum Gasteiger partial charge on any atom is -0.319 e. The van der Waals surface area contributed by atoms with Crippen LogP contribution in [-0.2, 0) is 7.05 Å². The van der Waals surface area contributed by atoms with Crippen molar-refractivity contribution < 1.29 is 0 Å². The Morgan fingerprint density at radius 2 is 2.17 bits per heavy atom. The molecule has 3 rings (SSSR count). The number of nitrogens with zero attached hydrogens (tertiary/aromatic N) is 2. The molecule has 0 spiro atoms. The first kappa shape index (κ1) is 11.7. The summed E-state index contributed by atoms with van der Waals surface area (Å²) in [4.78, 5) is 0. The highest BCUT2D eigenvalue weighted by molar-refractivity contribution is 7.17. The number of nitrogens with two attached hydrogens (primary N) is 1. The molecule has 0 aliphatic heterocycles. The molecule has 5 heteroatoms. The van der Waals surface area contributed by atoms with Crippen LogP contribution in [0.1, 0.15) is 17.3 Å². The largest absolute Gasteiger partial charge is 0.319 e. The van der Waals surface area contributed by atoms with Crippen molar-refractivity contribution in [2.24, 2.45) is 12.8 Å². The number of aromatic nitrogens is 2. The lowest BCUT2D eigenvalue weighted by Gasteiger charge is -2.12. The average Bonchev–Trinajstić information content (AvgIpc) is 2.93. The van der Waals surface area contributed by atoms with E-state index in [9.17, 15) is 0 Å². The maximum Gasteiger partial charge on any atom is 0.0837 e. The zero-order valence-electron chi connectivity index (χ0n) is 9.80. The van der Waals surface area contributed by atoms with Crippen molar-refractivity contribution in [2.45, 2.75) is 6.04 Å². The number of hydrogen-bond donors (Lipinski definition) is 1. The fourth-order valence-corrected chi connectivity index (χ4v) is 3.44. The molecule has 0 radical (unpaired) electrons. The van der Waals surface area contributed by atoms with Crippen molar-refractivity contribution in [1.82, 2.24) is 9.78 Å². The van der Waals surface area contributed by atoms with Crippen molar-refractivity contribution in [3.8, 4) is 0 Å². The maximum atomic E-state index is 6.33. The van der Waals surface area contributed by atoms with Gasteiger partial charge in [0.1, 0.15) is 0 Å². The Labute approximate surface area is 114 Å². The van der Waals surface area contributed by atoms with Crippen LogP contribution in [0.4, 0.5) is 0 Å². The molecule has 0 aliphatic carbocycles. The topological polar surface area (TPSA) is 43.8 Å². The average molecular weight is 278 g/mol. The van der Waals surface area contributed by atoms with Gasteiger partial charge in [-0.1, -0.05) is 29.8 Å². The van der Waals surface area contributed by atoms with Gasteiger partial charge in [-0.15, -0.1) is 11.3 Å². The molecule has 18 heavy (non-hydrogen) atoms. The fourth-order valence-electron chi connectivity index (χ4n) is 2.16. The zero-order chi connectivity index (χ0) is 12.7. The second-order valence-electron chi connectivity index (χ2n) is 4.17. The van der Waals surface area contributed by atoms with Crippen LogP contribution >= 0.6 is 22.9 Å². The molecule has 0 amide bonds. The smallest absolute Gasteiger partial charge is 0.0837 e. The van der Waals surface area contributed by atoms with Gasteiger partial charge >= 0.3 is 0 Å². The molecule has 0 fully saturated rings. The van der Waals surface area contributed by atoms with Gasteiger partial charge in [0.05, 0.1) is 23.0 Å². The van der Waals surface area contributed by atoms with E-state index in [1.54, 1.807) is 22.2 Å². The number of benzene rings is 1. The van der Waals surface area contributed by atoms with Gasteiger partial charge in [-0.3, -0.25) is 4.68 Å². The third-order valence-electron chi connectivity index (χ3n) is 3.08. The van der Waals surface area contributed by atoms with E-state index in [2.05, 4.69) is 22.6 Å². The molecular weight excluding hydrogens is 266 g/mol. The number of aryl methyl sites for hydroxylation is 1. The van der Waals surface area contributed by atoms with Crippen molar-refractivity contribution >= 4 is 33.0 Å². The van der Waals surface area contributed by atoms with E-state index in [0.717, 1.165) is 11.3 Å². The van der Waals surface area contributed by atoms with E-state index in [4.69, 9.17) is 17.3 Å². The van der Waals surface area contributed by atoms with Gasteiger partial charge in [0.15, 0.2) is 0 Å².